The Labute approximate surface area is 500 Å². The molecule has 0 fully saturated rings. The summed E-state index contributed by atoms with van der Waals surface area (Å²) in [6.07, 6.45) is 8.98. The molecule has 0 aromatic heterocycles. The topological polar surface area (TPSA) is 170 Å². The van der Waals surface area contributed by atoms with Gasteiger partial charge in [-0.2, -0.15) is 0 Å². The standard InChI is InChI=1S/C51H110O16Si13/c1-29-31-44-68(3,4)56-70(7,8)58-72(11,12)60-74(15,16)62-76(19,20)64-78(23,24)66-80(27,28)67-79(25,26)65-77(21,22)63-75(17,18)61-73(13,14)59-71(9,10)57-69(5,6)45-32-41-54-42-43-55-50-39-37-49(38-40-50)51(53,30-2)48-35-33-47(46-52)34-36-48/h2,33-40,52-53H,29,31-32,41-46H2,1,3-28H3. The highest BCUT2D eigenvalue weighted by Crippen LogP contribution is 2.34. The van der Waals surface area contributed by atoms with E-state index in [-0.39, 0.29) is 6.61 Å². The fourth-order valence-electron chi connectivity index (χ4n) is 11.1. The molecule has 1 unspecified atom stereocenters. The lowest BCUT2D eigenvalue weighted by Gasteiger charge is -2.45. The zero-order valence-corrected chi connectivity index (χ0v) is 67.7. The molecule has 2 rings (SSSR count). The summed E-state index contributed by atoms with van der Waals surface area (Å²) in [7, 11) is -34.0. The van der Waals surface area contributed by atoms with E-state index in [0.29, 0.717) is 36.7 Å². The summed E-state index contributed by atoms with van der Waals surface area (Å²) in [4.78, 5) is 0. The number of ether oxygens (including phenoxy) is 2. The van der Waals surface area contributed by atoms with Crippen molar-refractivity contribution in [1.29, 1.82) is 0 Å². The maximum atomic E-state index is 11.3. The van der Waals surface area contributed by atoms with E-state index in [1.54, 1.807) is 48.5 Å². The SMILES string of the molecule is C#CC(O)(c1ccc(CO)cc1)c1ccc(OCCOCCC[Si](C)(C)O[Si](C)(C)O[Si](C)(C)O[Si](C)(C)O[Si](C)(C)O[Si](C)(C)O[Si](C)(C)O[Si](C)(C)O[Si](C)(C)O[Si](C)(C)O[Si](C)(C)O[Si](C)(C)O[Si](C)(C)CCCC)cc1. The fraction of sp³-hybridized carbons (Fsp3) is 0.725. The molecule has 29 heteroatoms. The van der Waals surface area contributed by atoms with E-state index < -0.39 is 116 Å². The molecule has 0 bridgehead atoms. The Bertz CT molecular complexity index is 2260. The first kappa shape index (κ1) is 76.1. The molecule has 80 heavy (non-hydrogen) atoms. The average Bonchev–Trinajstić information content (AvgIpc) is 3.19. The van der Waals surface area contributed by atoms with E-state index in [9.17, 15) is 10.2 Å². The molecule has 0 saturated carbocycles. The van der Waals surface area contributed by atoms with Crippen molar-refractivity contribution in [3.05, 3.63) is 65.2 Å². The lowest BCUT2D eigenvalue weighted by molar-refractivity contribution is 0.1000. The van der Waals surface area contributed by atoms with Crippen molar-refractivity contribution < 1.29 is 69.1 Å². The molecular weight excluding hydrogens is 1230 g/mol. The second-order valence-corrected chi connectivity index (χ2v) is 75.7. The molecule has 0 radical (unpaired) electrons. The van der Waals surface area contributed by atoms with E-state index in [0.717, 1.165) is 30.5 Å². The monoisotopic (exact) mass is 1340 g/mol. The van der Waals surface area contributed by atoms with E-state index in [1.165, 1.54) is 6.42 Å². The molecular formula is C51H110O16Si13. The van der Waals surface area contributed by atoms with Crippen LogP contribution in [0.2, 0.25) is 182 Å². The van der Waals surface area contributed by atoms with Gasteiger partial charge in [0.05, 0.1) is 13.2 Å². The Kier molecular flexibility index (Phi) is 27.9. The number of unbranched alkanes of at least 4 members (excludes halogenated alkanes) is 1. The normalized spacial score (nSPS) is 15.2. The van der Waals surface area contributed by atoms with Crippen molar-refractivity contribution in [3.8, 4) is 18.1 Å². The van der Waals surface area contributed by atoms with Gasteiger partial charge < -0.3 is 69.1 Å². The number of hydrogen-bond acceptors (Lipinski definition) is 16. The van der Waals surface area contributed by atoms with Crippen molar-refractivity contribution >= 4 is 111 Å². The summed E-state index contributed by atoms with van der Waals surface area (Å²) in [5, 5.41) is 20.7. The van der Waals surface area contributed by atoms with Gasteiger partial charge in [-0.3, -0.25) is 0 Å². The van der Waals surface area contributed by atoms with Crippen molar-refractivity contribution in [3.63, 3.8) is 0 Å². The lowest BCUT2D eigenvalue weighted by atomic mass is 9.87. The number of aliphatic hydroxyl groups excluding tert-OH is 1. The van der Waals surface area contributed by atoms with Crippen LogP contribution in [0.25, 0.3) is 0 Å². The first-order valence-electron chi connectivity index (χ1n) is 28.5. The van der Waals surface area contributed by atoms with E-state index >= 15 is 0 Å². The second kappa shape index (κ2) is 29.3. The quantitative estimate of drug-likeness (QED) is 0.0369. The van der Waals surface area contributed by atoms with Crippen LogP contribution < -0.4 is 4.74 Å². The third-order valence-corrected chi connectivity index (χ3v) is 62.5. The van der Waals surface area contributed by atoms with Gasteiger partial charge in [-0.05, 0) is 206 Å². The molecule has 462 valence electrons. The maximum absolute atomic E-state index is 11.3. The molecule has 2 aromatic carbocycles. The van der Waals surface area contributed by atoms with Gasteiger partial charge in [0, 0.05) is 17.7 Å². The summed E-state index contributed by atoms with van der Waals surface area (Å²) >= 11 is 0. The van der Waals surface area contributed by atoms with Crippen molar-refractivity contribution in [2.75, 3.05) is 19.8 Å². The molecule has 0 spiro atoms. The predicted octanol–water partition coefficient (Wildman–Crippen LogP) is 14.0. The number of aliphatic hydroxyl groups is 2. The van der Waals surface area contributed by atoms with Gasteiger partial charge in [-0.25, -0.2) is 0 Å². The van der Waals surface area contributed by atoms with Gasteiger partial charge in [0.2, 0.25) is 0 Å². The smallest absolute Gasteiger partial charge is 0.314 e. The summed E-state index contributed by atoms with van der Waals surface area (Å²) in [6, 6.07) is 16.1. The highest BCUT2D eigenvalue weighted by molar-refractivity contribution is 6.94. The molecule has 16 nitrogen and oxygen atoms in total. The van der Waals surface area contributed by atoms with Crippen LogP contribution in [0.15, 0.2) is 48.5 Å². The maximum Gasteiger partial charge on any atom is 0.314 e. The first-order chi connectivity index (χ1) is 35.8. The Morgan fingerprint density at radius 3 is 0.938 bits per heavy atom. The van der Waals surface area contributed by atoms with Crippen LogP contribution in [-0.2, 0) is 66.3 Å². The van der Waals surface area contributed by atoms with Gasteiger partial charge in [-0.1, -0.05) is 62.1 Å². The van der Waals surface area contributed by atoms with E-state index in [1.807, 2.05) is 0 Å². The van der Waals surface area contributed by atoms with Crippen molar-refractivity contribution in [1.82, 2.24) is 0 Å². The van der Waals surface area contributed by atoms with Gasteiger partial charge in [0.15, 0.2) is 22.2 Å². The van der Waals surface area contributed by atoms with Crippen LogP contribution in [-0.4, -0.2) is 141 Å². The number of terminal acetylenes is 1. The predicted molar refractivity (Wildman–Crippen MR) is 356 cm³/mol. The summed E-state index contributed by atoms with van der Waals surface area (Å²) in [5.74, 6) is 3.16. The molecule has 2 N–H and O–H groups in total. The Hall–Kier alpha value is 0.0195. The Morgan fingerprint density at radius 1 is 0.388 bits per heavy atom. The van der Waals surface area contributed by atoms with Crippen LogP contribution >= 0.6 is 0 Å². The van der Waals surface area contributed by atoms with Crippen LogP contribution in [0.3, 0.4) is 0 Å². The van der Waals surface area contributed by atoms with Gasteiger partial charge >= 0.3 is 94.2 Å². The highest BCUT2D eigenvalue weighted by Gasteiger charge is 2.52. The van der Waals surface area contributed by atoms with Gasteiger partial charge in [0.25, 0.3) is 0 Å². The third kappa shape index (κ3) is 29.6. The van der Waals surface area contributed by atoms with E-state index in [4.69, 9.17) is 65.3 Å². The summed E-state index contributed by atoms with van der Waals surface area (Å²) in [6.45, 7) is 58.4. The molecule has 0 aliphatic carbocycles. The molecule has 0 amide bonds. The minimum atomic E-state index is -2.82. The van der Waals surface area contributed by atoms with Gasteiger partial charge in [-0.15, -0.1) is 6.42 Å². The molecule has 2 aromatic rings. The Balaban J connectivity index is 1.90. The van der Waals surface area contributed by atoms with Crippen LogP contribution in [0, 0.1) is 12.3 Å². The van der Waals surface area contributed by atoms with E-state index in [2.05, 4.69) is 183 Å². The molecule has 0 aliphatic heterocycles. The summed E-state index contributed by atoms with van der Waals surface area (Å²) < 4.78 is 94.4. The zero-order chi connectivity index (χ0) is 61.9. The first-order valence-corrected chi connectivity index (χ1v) is 65.7. The molecule has 0 aliphatic rings. The molecule has 1 atom stereocenters. The number of hydrogen-bond donors (Lipinski definition) is 2. The largest absolute Gasteiger partial charge is 0.491 e. The third-order valence-electron chi connectivity index (χ3n) is 11.7. The second-order valence-electron chi connectivity index (χ2n) is 27.0. The van der Waals surface area contributed by atoms with Crippen LogP contribution in [0.1, 0.15) is 42.9 Å². The molecule has 0 heterocycles. The van der Waals surface area contributed by atoms with Gasteiger partial charge in [0.1, 0.15) is 12.4 Å². The fourth-order valence-corrected chi connectivity index (χ4v) is 78.1. The average molecular weight is 1340 g/mol. The van der Waals surface area contributed by atoms with Crippen LogP contribution in [0.5, 0.6) is 5.75 Å². The van der Waals surface area contributed by atoms with Crippen molar-refractivity contribution in [2.24, 2.45) is 0 Å². The number of benzene rings is 2. The van der Waals surface area contributed by atoms with Crippen LogP contribution in [0.4, 0.5) is 0 Å². The Morgan fingerprint density at radius 2 is 0.662 bits per heavy atom. The zero-order valence-electron chi connectivity index (χ0n) is 54.7. The minimum absolute atomic E-state index is 0.0851. The highest BCUT2D eigenvalue weighted by atomic mass is 28.5. The minimum Gasteiger partial charge on any atom is -0.491 e. The summed E-state index contributed by atoms with van der Waals surface area (Å²) in [5.41, 5.74) is 0.231. The number of rotatable bonds is 38. The lowest BCUT2D eigenvalue weighted by Crippen LogP contribution is -2.63. The molecule has 0 saturated heterocycles. The van der Waals surface area contributed by atoms with Crippen molar-refractivity contribution in [2.45, 2.75) is 221 Å².